The summed E-state index contributed by atoms with van der Waals surface area (Å²) in [5.41, 5.74) is 0.399. The fourth-order valence-corrected chi connectivity index (χ4v) is 2.93. The van der Waals surface area contributed by atoms with Crippen LogP contribution in [-0.4, -0.2) is 48.0 Å². The van der Waals surface area contributed by atoms with Crippen LogP contribution in [0.25, 0.3) is 0 Å². The second-order valence-corrected chi connectivity index (χ2v) is 6.10. The van der Waals surface area contributed by atoms with Gasteiger partial charge in [-0.3, -0.25) is 4.79 Å². The molecule has 0 spiro atoms. The lowest BCUT2D eigenvalue weighted by molar-refractivity contribution is -0.139. The number of rotatable bonds is 8. The molecule has 1 aromatic carbocycles. The average molecular weight is 351 g/mol. The Morgan fingerprint density at radius 3 is 2.64 bits per heavy atom. The molecule has 0 aliphatic heterocycles. The molecule has 3 N–H and O–H groups in total. The number of ether oxygens (including phenoxy) is 2. The Kier molecular flexibility index (Phi) is 7.06. The molecule has 7 nitrogen and oxygen atoms in total. The van der Waals surface area contributed by atoms with Crippen molar-refractivity contribution in [1.29, 1.82) is 0 Å². The van der Waals surface area contributed by atoms with E-state index in [1.54, 1.807) is 13.0 Å². The van der Waals surface area contributed by atoms with Gasteiger partial charge in [-0.05, 0) is 38.0 Å². The van der Waals surface area contributed by atoms with Gasteiger partial charge in [0.05, 0.1) is 12.7 Å². The quantitative estimate of drug-likeness (QED) is 0.660. The summed E-state index contributed by atoms with van der Waals surface area (Å²) in [6.07, 6.45) is 3.43. The Morgan fingerprint density at radius 2 is 1.96 bits per heavy atom. The van der Waals surface area contributed by atoms with Gasteiger partial charge in [0.1, 0.15) is 0 Å². The Labute approximate surface area is 146 Å². The van der Waals surface area contributed by atoms with Crippen molar-refractivity contribution >= 4 is 11.9 Å². The van der Waals surface area contributed by atoms with E-state index in [4.69, 9.17) is 14.6 Å². The number of carboxylic acids is 1. The second kappa shape index (κ2) is 9.27. The van der Waals surface area contributed by atoms with Crippen molar-refractivity contribution in [2.45, 2.75) is 38.7 Å². The van der Waals surface area contributed by atoms with E-state index in [1.165, 1.54) is 12.1 Å². The molecule has 1 aliphatic carbocycles. The molecule has 1 amide bonds. The van der Waals surface area contributed by atoms with Crippen molar-refractivity contribution in [2.24, 2.45) is 5.92 Å². The molecule has 7 heteroatoms. The summed E-state index contributed by atoms with van der Waals surface area (Å²) >= 11 is 0. The second-order valence-electron chi connectivity index (χ2n) is 6.10. The minimum atomic E-state index is -1.09. The average Bonchev–Trinajstić information content (AvgIpc) is 2.59. The van der Waals surface area contributed by atoms with E-state index >= 15 is 0 Å². The van der Waals surface area contributed by atoms with Crippen molar-refractivity contribution in [3.8, 4) is 11.5 Å². The van der Waals surface area contributed by atoms with E-state index in [0.717, 1.165) is 25.7 Å². The first kappa shape index (κ1) is 19.1. The van der Waals surface area contributed by atoms with Crippen LogP contribution in [0.15, 0.2) is 18.2 Å². The van der Waals surface area contributed by atoms with Gasteiger partial charge in [0.15, 0.2) is 18.1 Å². The maximum absolute atomic E-state index is 12.3. The molecular formula is C18H25NO6. The molecular weight excluding hydrogens is 326 g/mol. The van der Waals surface area contributed by atoms with Crippen LogP contribution in [-0.2, 0) is 4.79 Å². The SMILES string of the molecule is CCOc1cc(C(=O)NC[C@@H]2CCCC[C@H]2O)ccc1OCC(=O)O. The maximum Gasteiger partial charge on any atom is 0.341 e. The van der Waals surface area contributed by atoms with Gasteiger partial charge in [-0.2, -0.15) is 0 Å². The number of carbonyl (C=O) groups excluding carboxylic acids is 1. The highest BCUT2D eigenvalue weighted by molar-refractivity contribution is 5.94. The monoisotopic (exact) mass is 351 g/mol. The highest BCUT2D eigenvalue weighted by Gasteiger charge is 2.23. The van der Waals surface area contributed by atoms with Crippen molar-refractivity contribution in [3.63, 3.8) is 0 Å². The van der Waals surface area contributed by atoms with Crippen molar-refractivity contribution in [2.75, 3.05) is 19.8 Å². The smallest absolute Gasteiger partial charge is 0.341 e. The molecule has 1 saturated carbocycles. The van der Waals surface area contributed by atoms with Gasteiger partial charge in [-0.1, -0.05) is 12.8 Å². The molecule has 0 saturated heterocycles. The molecule has 0 radical (unpaired) electrons. The molecule has 25 heavy (non-hydrogen) atoms. The summed E-state index contributed by atoms with van der Waals surface area (Å²) in [6.45, 7) is 2.10. The van der Waals surface area contributed by atoms with E-state index in [-0.39, 0.29) is 23.7 Å². The van der Waals surface area contributed by atoms with Crippen LogP contribution in [0.5, 0.6) is 11.5 Å². The Bertz CT molecular complexity index is 603. The molecule has 1 aromatic rings. The number of aliphatic hydroxyl groups is 1. The normalized spacial score (nSPS) is 19.9. The van der Waals surface area contributed by atoms with Gasteiger partial charge in [0, 0.05) is 18.0 Å². The summed E-state index contributed by atoms with van der Waals surface area (Å²) in [5.74, 6) is -0.654. The number of aliphatic carboxylic acids is 1. The minimum absolute atomic E-state index is 0.0854. The van der Waals surface area contributed by atoms with Gasteiger partial charge >= 0.3 is 5.97 Å². The molecule has 2 rings (SSSR count). The number of carbonyl (C=O) groups is 2. The van der Waals surface area contributed by atoms with E-state index in [0.29, 0.717) is 24.5 Å². The summed E-state index contributed by atoms with van der Waals surface area (Å²) in [7, 11) is 0. The minimum Gasteiger partial charge on any atom is -0.490 e. The van der Waals surface area contributed by atoms with Crippen LogP contribution in [0.1, 0.15) is 43.0 Å². The van der Waals surface area contributed by atoms with Gasteiger partial charge in [0.25, 0.3) is 5.91 Å². The first-order chi connectivity index (χ1) is 12.0. The lowest BCUT2D eigenvalue weighted by Crippen LogP contribution is -2.36. The zero-order chi connectivity index (χ0) is 18.2. The van der Waals surface area contributed by atoms with Crippen molar-refractivity contribution < 1.29 is 29.3 Å². The van der Waals surface area contributed by atoms with Gasteiger partial charge < -0.3 is 25.0 Å². The molecule has 0 heterocycles. The van der Waals surface area contributed by atoms with E-state index in [2.05, 4.69) is 5.32 Å². The summed E-state index contributed by atoms with van der Waals surface area (Å²) in [5, 5.41) is 21.5. The van der Waals surface area contributed by atoms with Gasteiger partial charge in [-0.15, -0.1) is 0 Å². The largest absolute Gasteiger partial charge is 0.490 e. The number of amides is 1. The van der Waals surface area contributed by atoms with Crippen LogP contribution >= 0.6 is 0 Å². The number of aliphatic hydroxyl groups excluding tert-OH is 1. The molecule has 0 bridgehead atoms. The third-order valence-corrected chi connectivity index (χ3v) is 4.25. The van der Waals surface area contributed by atoms with Crippen LogP contribution in [0.3, 0.4) is 0 Å². The maximum atomic E-state index is 12.3. The molecule has 138 valence electrons. The number of benzene rings is 1. The summed E-state index contributed by atoms with van der Waals surface area (Å²) in [6, 6.07) is 4.62. The fraction of sp³-hybridized carbons (Fsp3) is 0.556. The zero-order valence-corrected chi connectivity index (χ0v) is 14.4. The molecule has 0 unspecified atom stereocenters. The Balaban J connectivity index is 2.00. The van der Waals surface area contributed by atoms with Crippen molar-refractivity contribution in [3.05, 3.63) is 23.8 Å². The molecule has 2 atom stereocenters. The van der Waals surface area contributed by atoms with Crippen LogP contribution in [0.4, 0.5) is 0 Å². The topological polar surface area (TPSA) is 105 Å². The molecule has 0 aromatic heterocycles. The Hall–Kier alpha value is -2.28. The number of carboxylic acid groups (broad SMARTS) is 1. The Morgan fingerprint density at radius 1 is 1.20 bits per heavy atom. The standard InChI is InChI=1S/C18H25NO6/c1-2-24-16-9-12(7-8-15(16)25-11-17(21)22)18(23)19-10-13-5-3-4-6-14(13)20/h7-9,13-14,20H,2-6,10-11H2,1H3,(H,19,23)(H,21,22)/t13-,14+/m0/s1. The summed E-state index contributed by atoms with van der Waals surface area (Å²) in [4.78, 5) is 23.0. The number of nitrogens with one attached hydrogen (secondary N) is 1. The van der Waals surface area contributed by atoms with Crippen molar-refractivity contribution in [1.82, 2.24) is 5.32 Å². The van der Waals surface area contributed by atoms with Crippen LogP contribution in [0, 0.1) is 5.92 Å². The third kappa shape index (κ3) is 5.63. The first-order valence-corrected chi connectivity index (χ1v) is 8.59. The predicted molar refractivity (Wildman–Crippen MR) is 91.0 cm³/mol. The number of hydrogen-bond donors (Lipinski definition) is 3. The highest BCUT2D eigenvalue weighted by Crippen LogP contribution is 2.29. The van der Waals surface area contributed by atoms with Gasteiger partial charge in [0.2, 0.25) is 0 Å². The predicted octanol–water partition coefficient (Wildman–Crippen LogP) is 1.83. The summed E-state index contributed by atoms with van der Waals surface area (Å²) < 4.78 is 10.6. The van der Waals surface area contributed by atoms with E-state index in [1.807, 2.05) is 0 Å². The van der Waals surface area contributed by atoms with Crippen LogP contribution < -0.4 is 14.8 Å². The molecule has 1 aliphatic rings. The number of hydrogen-bond acceptors (Lipinski definition) is 5. The lowest BCUT2D eigenvalue weighted by atomic mass is 9.86. The van der Waals surface area contributed by atoms with Gasteiger partial charge in [-0.25, -0.2) is 4.79 Å². The first-order valence-electron chi connectivity index (χ1n) is 8.59. The fourth-order valence-electron chi connectivity index (χ4n) is 2.93. The molecule has 1 fully saturated rings. The van der Waals surface area contributed by atoms with E-state index < -0.39 is 12.6 Å². The van der Waals surface area contributed by atoms with Crippen LogP contribution in [0.2, 0.25) is 0 Å². The lowest BCUT2D eigenvalue weighted by Gasteiger charge is -2.27. The van der Waals surface area contributed by atoms with E-state index in [9.17, 15) is 14.7 Å². The zero-order valence-electron chi connectivity index (χ0n) is 14.4. The third-order valence-electron chi connectivity index (χ3n) is 4.25. The highest BCUT2D eigenvalue weighted by atomic mass is 16.5.